The Hall–Kier alpha value is -0.780. The van der Waals surface area contributed by atoms with Crippen LogP contribution in [0.25, 0.3) is 0 Å². The summed E-state index contributed by atoms with van der Waals surface area (Å²) in [4.78, 5) is 3.87. The second-order valence-electron chi connectivity index (χ2n) is 1.89. The molecular formula is C7H4Cl2N2. The molecule has 0 saturated carbocycles. The summed E-state index contributed by atoms with van der Waals surface area (Å²) in [6.45, 7) is 0. The van der Waals surface area contributed by atoms with Gasteiger partial charge < -0.3 is 0 Å². The zero-order chi connectivity index (χ0) is 8.27. The zero-order valence-corrected chi connectivity index (χ0v) is 7.02. The molecule has 1 heterocycles. The monoisotopic (exact) mass is 186 g/mol. The van der Waals surface area contributed by atoms with Crippen LogP contribution in [0.1, 0.15) is 11.3 Å². The van der Waals surface area contributed by atoms with E-state index < -0.39 is 0 Å². The lowest BCUT2D eigenvalue weighted by Crippen LogP contribution is -1.87. The van der Waals surface area contributed by atoms with Gasteiger partial charge in [0.2, 0.25) is 0 Å². The summed E-state index contributed by atoms with van der Waals surface area (Å²) in [7, 11) is 0. The molecule has 0 atom stereocenters. The third-order valence-electron chi connectivity index (χ3n) is 1.16. The molecule has 0 amide bonds. The Bertz CT molecular complexity index is 304. The molecule has 0 bridgehead atoms. The molecule has 0 fully saturated rings. The Morgan fingerprint density at radius 3 is 2.73 bits per heavy atom. The van der Waals surface area contributed by atoms with E-state index in [1.165, 1.54) is 0 Å². The molecule has 4 heteroatoms. The molecule has 0 spiro atoms. The number of nitrogens with zero attached hydrogens (tertiary/aromatic N) is 2. The summed E-state index contributed by atoms with van der Waals surface area (Å²) < 4.78 is 0. The topological polar surface area (TPSA) is 36.7 Å². The van der Waals surface area contributed by atoms with Crippen molar-refractivity contribution in [3.8, 4) is 6.07 Å². The van der Waals surface area contributed by atoms with Crippen LogP contribution < -0.4 is 0 Å². The van der Waals surface area contributed by atoms with Gasteiger partial charge in [0.15, 0.2) is 0 Å². The minimum absolute atomic E-state index is 0.214. The van der Waals surface area contributed by atoms with Crippen molar-refractivity contribution in [2.75, 3.05) is 0 Å². The van der Waals surface area contributed by atoms with E-state index in [9.17, 15) is 0 Å². The highest BCUT2D eigenvalue weighted by atomic mass is 35.5. The van der Waals surface area contributed by atoms with E-state index in [1.54, 1.807) is 12.1 Å². The van der Waals surface area contributed by atoms with E-state index in [4.69, 9.17) is 28.5 Å². The average Bonchev–Trinajstić information content (AvgIpc) is 2.04. The molecule has 1 aromatic heterocycles. The number of rotatable bonds is 1. The number of hydrogen-bond acceptors (Lipinski definition) is 2. The van der Waals surface area contributed by atoms with Crippen LogP contribution in [0.5, 0.6) is 0 Å². The smallest absolute Gasteiger partial charge is 0.147 e. The normalized spacial score (nSPS) is 9.18. The molecule has 0 aliphatic heterocycles. The number of halogens is 2. The number of aromatic nitrogens is 1. The first-order valence-electron chi connectivity index (χ1n) is 2.89. The fourth-order valence-electron chi connectivity index (χ4n) is 0.630. The first kappa shape index (κ1) is 8.32. The molecule has 11 heavy (non-hydrogen) atoms. The molecular weight excluding hydrogens is 183 g/mol. The first-order valence-corrected chi connectivity index (χ1v) is 3.80. The third-order valence-corrected chi connectivity index (χ3v) is 1.73. The summed E-state index contributed by atoms with van der Waals surface area (Å²) in [5.41, 5.74) is 1.05. The summed E-state index contributed by atoms with van der Waals surface area (Å²) in [5.74, 6) is 0.311. The van der Waals surface area contributed by atoms with Crippen LogP contribution in [-0.4, -0.2) is 4.98 Å². The number of pyridine rings is 1. The standard InChI is InChI=1S/C7H4Cl2N2/c8-3-6-2-1-5(4-10)7(9)11-6/h1-2H,3H2. The van der Waals surface area contributed by atoms with Gasteiger partial charge in [0.05, 0.1) is 17.1 Å². The second-order valence-corrected chi connectivity index (χ2v) is 2.51. The van der Waals surface area contributed by atoms with Gasteiger partial charge in [-0.15, -0.1) is 11.6 Å². The maximum absolute atomic E-state index is 8.47. The van der Waals surface area contributed by atoms with Crippen molar-refractivity contribution >= 4 is 23.2 Å². The van der Waals surface area contributed by atoms with Crippen LogP contribution in [0.3, 0.4) is 0 Å². The van der Waals surface area contributed by atoms with Crippen LogP contribution in [0.4, 0.5) is 0 Å². The van der Waals surface area contributed by atoms with Crippen LogP contribution in [0.2, 0.25) is 5.15 Å². The maximum Gasteiger partial charge on any atom is 0.147 e. The predicted molar refractivity (Wildman–Crippen MR) is 43.5 cm³/mol. The van der Waals surface area contributed by atoms with Gasteiger partial charge in [-0.1, -0.05) is 11.6 Å². The van der Waals surface area contributed by atoms with Crippen LogP contribution in [0, 0.1) is 11.3 Å². The molecule has 0 aliphatic rings. The van der Waals surface area contributed by atoms with Gasteiger partial charge in [0, 0.05) is 0 Å². The first-order chi connectivity index (χ1) is 5.27. The van der Waals surface area contributed by atoms with Crippen molar-refractivity contribution in [3.05, 3.63) is 28.5 Å². The van der Waals surface area contributed by atoms with Gasteiger partial charge in [-0.3, -0.25) is 0 Å². The van der Waals surface area contributed by atoms with Crippen molar-refractivity contribution in [2.24, 2.45) is 0 Å². The van der Waals surface area contributed by atoms with Crippen LogP contribution in [0.15, 0.2) is 12.1 Å². The summed E-state index contributed by atoms with van der Waals surface area (Å²) in [6.07, 6.45) is 0. The summed E-state index contributed by atoms with van der Waals surface area (Å²) in [5, 5.41) is 8.69. The highest BCUT2D eigenvalue weighted by Crippen LogP contribution is 2.13. The van der Waals surface area contributed by atoms with Gasteiger partial charge >= 0.3 is 0 Å². The van der Waals surface area contributed by atoms with E-state index >= 15 is 0 Å². The molecule has 56 valence electrons. The molecule has 2 nitrogen and oxygen atoms in total. The van der Waals surface area contributed by atoms with Gasteiger partial charge in [0.25, 0.3) is 0 Å². The van der Waals surface area contributed by atoms with Crippen LogP contribution >= 0.6 is 23.2 Å². The highest BCUT2D eigenvalue weighted by molar-refractivity contribution is 6.30. The number of hydrogen-bond donors (Lipinski definition) is 0. The maximum atomic E-state index is 8.47. The molecule has 1 aromatic rings. The van der Waals surface area contributed by atoms with Crippen molar-refractivity contribution in [2.45, 2.75) is 5.88 Å². The fourth-order valence-corrected chi connectivity index (χ4v) is 0.992. The van der Waals surface area contributed by atoms with Crippen molar-refractivity contribution < 1.29 is 0 Å². The number of nitriles is 1. The fraction of sp³-hybridized carbons (Fsp3) is 0.143. The minimum Gasteiger partial charge on any atom is -0.238 e. The van der Waals surface area contributed by atoms with E-state index in [-0.39, 0.29) is 5.15 Å². The van der Waals surface area contributed by atoms with Crippen molar-refractivity contribution in [1.82, 2.24) is 4.98 Å². The SMILES string of the molecule is N#Cc1ccc(CCl)nc1Cl. The lowest BCUT2D eigenvalue weighted by atomic mass is 10.3. The second kappa shape index (κ2) is 3.56. The lowest BCUT2D eigenvalue weighted by Gasteiger charge is -1.95. The minimum atomic E-state index is 0.214. The lowest BCUT2D eigenvalue weighted by molar-refractivity contribution is 1.16. The summed E-state index contributed by atoms with van der Waals surface area (Å²) >= 11 is 11.1. The average molecular weight is 187 g/mol. The molecule has 0 saturated heterocycles. The largest absolute Gasteiger partial charge is 0.238 e. The van der Waals surface area contributed by atoms with Crippen molar-refractivity contribution in [3.63, 3.8) is 0 Å². The van der Waals surface area contributed by atoms with Gasteiger partial charge in [0.1, 0.15) is 11.2 Å². The quantitative estimate of drug-likeness (QED) is 0.499. The Balaban J connectivity index is 3.12. The van der Waals surface area contributed by atoms with Gasteiger partial charge in [-0.25, -0.2) is 4.98 Å². The summed E-state index contributed by atoms with van der Waals surface area (Å²) in [6, 6.07) is 5.19. The van der Waals surface area contributed by atoms with E-state index in [0.29, 0.717) is 17.1 Å². The highest BCUT2D eigenvalue weighted by Gasteiger charge is 2.00. The number of alkyl halides is 1. The van der Waals surface area contributed by atoms with E-state index in [2.05, 4.69) is 4.98 Å². The van der Waals surface area contributed by atoms with Gasteiger partial charge in [-0.05, 0) is 12.1 Å². The van der Waals surface area contributed by atoms with E-state index in [0.717, 1.165) is 0 Å². The molecule has 0 aliphatic carbocycles. The zero-order valence-electron chi connectivity index (χ0n) is 5.51. The predicted octanol–water partition coefficient (Wildman–Crippen LogP) is 2.35. The molecule has 0 unspecified atom stereocenters. The molecule has 0 N–H and O–H groups in total. The Morgan fingerprint density at radius 2 is 2.27 bits per heavy atom. The Morgan fingerprint density at radius 1 is 1.55 bits per heavy atom. The Labute approximate surface area is 74.4 Å². The van der Waals surface area contributed by atoms with Gasteiger partial charge in [-0.2, -0.15) is 5.26 Å². The molecule has 0 radical (unpaired) electrons. The Kier molecular flexibility index (Phi) is 2.70. The van der Waals surface area contributed by atoms with Crippen LogP contribution in [-0.2, 0) is 5.88 Å². The van der Waals surface area contributed by atoms with Crippen molar-refractivity contribution in [1.29, 1.82) is 5.26 Å². The third kappa shape index (κ3) is 1.83. The molecule has 0 aromatic carbocycles. The van der Waals surface area contributed by atoms with E-state index in [1.807, 2.05) is 6.07 Å². The molecule has 1 rings (SSSR count).